The predicted molar refractivity (Wildman–Crippen MR) is 108 cm³/mol. The summed E-state index contributed by atoms with van der Waals surface area (Å²) in [6.45, 7) is 4.96. The number of anilines is 1. The molecular formula is C22H26F3N3O2. The van der Waals surface area contributed by atoms with Crippen molar-refractivity contribution in [2.75, 3.05) is 18.0 Å². The van der Waals surface area contributed by atoms with Gasteiger partial charge < -0.3 is 10.0 Å². The first-order valence-electron chi connectivity index (χ1n) is 10.4. The van der Waals surface area contributed by atoms with Crippen molar-refractivity contribution in [3.63, 3.8) is 0 Å². The minimum absolute atomic E-state index is 0.244. The summed E-state index contributed by atoms with van der Waals surface area (Å²) in [5.74, 6) is 0.271. The van der Waals surface area contributed by atoms with Crippen LogP contribution in [0.4, 0.5) is 18.9 Å². The van der Waals surface area contributed by atoms with Gasteiger partial charge in [-0.1, -0.05) is 13.8 Å². The summed E-state index contributed by atoms with van der Waals surface area (Å²) < 4.78 is 42.4. The van der Waals surface area contributed by atoms with Gasteiger partial charge in [-0.25, -0.2) is 0 Å². The monoisotopic (exact) mass is 421 g/mol. The van der Waals surface area contributed by atoms with Crippen LogP contribution in [-0.2, 0) is 25.4 Å². The molecule has 4 rings (SSSR count). The van der Waals surface area contributed by atoms with Gasteiger partial charge in [0.05, 0.1) is 23.0 Å². The van der Waals surface area contributed by atoms with Crippen molar-refractivity contribution >= 4 is 5.69 Å². The zero-order valence-corrected chi connectivity index (χ0v) is 17.2. The van der Waals surface area contributed by atoms with Crippen molar-refractivity contribution in [2.24, 2.45) is 5.92 Å². The number of alkyl halides is 3. The Balaban J connectivity index is 1.91. The van der Waals surface area contributed by atoms with E-state index >= 15 is 0 Å². The van der Waals surface area contributed by atoms with E-state index in [9.17, 15) is 23.1 Å². The maximum absolute atomic E-state index is 13.8. The number of aromatic nitrogens is 2. The van der Waals surface area contributed by atoms with Gasteiger partial charge in [0.15, 0.2) is 0 Å². The van der Waals surface area contributed by atoms with E-state index in [4.69, 9.17) is 0 Å². The lowest BCUT2D eigenvalue weighted by atomic mass is 10.0. The Hall–Kier alpha value is -2.35. The molecular weight excluding hydrogens is 395 g/mol. The highest BCUT2D eigenvalue weighted by Gasteiger charge is 2.36. The van der Waals surface area contributed by atoms with Crippen molar-refractivity contribution in [3.05, 3.63) is 50.9 Å². The molecule has 1 aliphatic carbocycles. The normalized spacial score (nSPS) is 19.0. The topological polar surface area (TPSA) is 58.4 Å². The molecule has 0 saturated carbocycles. The molecule has 8 heteroatoms. The summed E-state index contributed by atoms with van der Waals surface area (Å²) in [5.41, 5.74) is 1.19. The van der Waals surface area contributed by atoms with Gasteiger partial charge in [0.1, 0.15) is 0 Å². The highest BCUT2D eigenvalue weighted by atomic mass is 19.4. The second-order valence-corrected chi connectivity index (χ2v) is 8.66. The van der Waals surface area contributed by atoms with E-state index in [-0.39, 0.29) is 11.6 Å². The van der Waals surface area contributed by atoms with Crippen LogP contribution in [-0.4, -0.2) is 34.1 Å². The number of halogens is 3. The maximum Gasteiger partial charge on any atom is 0.418 e. The number of aliphatic hydroxyl groups is 1. The minimum Gasteiger partial charge on any atom is -0.391 e. The Kier molecular flexibility index (Phi) is 5.38. The average Bonchev–Trinajstić information content (AvgIpc) is 3.32. The first-order chi connectivity index (χ1) is 14.1. The molecule has 1 saturated heterocycles. The number of hydrogen-bond donors (Lipinski definition) is 1. The highest BCUT2D eigenvalue weighted by Crippen LogP contribution is 2.36. The summed E-state index contributed by atoms with van der Waals surface area (Å²) in [5, 5.41) is 14.3. The fourth-order valence-electron chi connectivity index (χ4n) is 4.47. The van der Waals surface area contributed by atoms with Crippen molar-refractivity contribution < 1.29 is 18.3 Å². The van der Waals surface area contributed by atoms with Crippen LogP contribution in [0.2, 0.25) is 0 Å². The standard InChI is InChI=1S/C22H26F3N3O2/c1-13(2)10-19-16-4-3-5-17(16)21(30)28(26-19)20-11-14(27-9-8-15(29)12-27)6-7-18(20)22(23,24)25/h6-7,11,13,15,29H,3-5,8-10,12H2,1-2H3. The lowest BCUT2D eigenvalue weighted by molar-refractivity contribution is -0.137. The molecule has 5 nitrogen and oxygen atoms in total. The van der Waals surface area contributed by atoms with E-state index in [0.717, 1.165) is 29.2 Å². The minimum atomic E-state index is -4.61. The maximum atomic E-state index is 13.8. The number of aliphatic hydroxyl groups excluding tert-OH is 1. The molecule has 0 radical (unpaired) electrons. The van der Waals surface area contributed by atoms with Gasteiger partial charge in [-0.2, -0.15) is 23.0 Å². The molecule has 0 spiro atoms. The predicted octanol–water partition coefficient (Wildman–Crippen LogP) is 3.51. The van der Waals surface area contributed by atoms with Crippen LogP contribution < -0.4 is 10.5 Å². The Labute approximate surface area is 173 Å². The van der Waals surface area contributed by atoms with Gasteiger partial charge in [0, 0.05) is 24.3 Å². The number of hydrogen-bond acceptors (Lipinski definition) is 4. The van der Waals surface area contributed by atoms with E-state index < -0.39 is 23.4 Å². The van der Waals surface area contributed by atoms with E-state index in [2.05, 4.69) is 5.10 Å². The Morgan fingerprint density at radius 2 is 1.97 bits per heavy atom. The van der Waals surface area contributed by atoms with Crippen LogP contribution in [0.1, 0.15) is 49.1 Å². The second-order valence-electron chi connectivity index (χ2n) is 8.66. The summed E-state index contributed by atoms with van der Waals surface area (Å²) in [7, 11) is 0. The molecule has 1 N–H and O–H groups in total. The lowest BCUT2D eigenvalue weighted by Gasteiger charge is -2.22. The van der Waals surface area contributed by atoms with Gasteiger partial charge in [-0.15, -0.1) is 0 Å². The molecule has 1 aromatic heterocycles. The first kappa shape index (κ1) is 20.9. The lowest BCUT2D eigenvalue weighted by Crippen LogP contribution is -2.30. The van der Waals surface area contributed by atoms with Crippen molar-refractivity contribution in [1.29, 1.82) is 0 Å². The zero-order chi connectivity index (χ0) is 21.6. The molecule has 0 amide bonds. The number of nitrogens with zero attached hydrogens (tertiary/aromatic N) is 3. The molecule has 2 aliphatic rings. The molecule has 1 fully saturated rings. The molecule has 2 aromatic rings. The molecule has 2 heterocycles. The zero-order valence-electron chi connectivity index (χ0n) is 17.2. The molecule has 0 bridgehead atoms. The van der Waals surface area contributed by atoms with Gasteiger partial charge in [0.25, 0.3) is 5.56 Å². The fourth-order valence-corrected chi connectivity index (χ4v) is 4.47. The SMILES string of the molecule is CC(C)Cc1nn(-c2cc(N3CCC(O)C3)ccc2C(F)(F)F)c(=O)c2c1CCC2. The summed E-state index contributed by atoms with van der Waals surface area (Å²) in [6.07, 6.45) is -1.81. The van der Waals surface area contributed by atoms with Gasteiger partial charge >= 0.3 is 6.18 Å². The van der Waals surface area contributed by atoms with Gasteiger partial charge in [-0.05, 0) is 61.8 Å². The molecule has 1 aromatic carbocycles. The fraction of sp³-hybridized carbons (Fsp3) is 0.545. The van der Waals surface area contributed by atoms with Crippen LogP contribution in [0.3, 0.4) is 0 Å². The smallest absolute Gasteiger partial charge is 0.391 e. The van der Waals surface area contributed by atoms with Crippen LogP contribution in [0.25, 0.3) is 5.69 Å². The highest BCUT2D eigenvalue weighted by molar-refractivity contribution is 5.58. The quantitative estimate of drug-likeness (QED) is 0.821. The van der Waals surface area contributed by atoms with Crippen LogP contribution in [0, 0.1) is 5.92 Å². The number of β-amino-alcohol motifs (C(OH)–C–C–N with tert-alkyl or cyclic N) is 1. The third-order valence-electron chi connectivity index (χ3n) is 5.88. The Morgan fingerprint density at radius 1 is 1.23 bits per heavy atom. The van der Waals surface area contributed by atoms with Gasteiger partial charge in [0.2, 0.25) is 0 Å². The Morgan fingerprint density at radius 3 is 2.60 bits per heavy atom. The molecule has 162 valence electrons. The largest absolute Gasteiger partial charge is 0.418 e. The van der Waals surface area contributed by atoms with Crippen LogP contribution in [0.5, 0.6) is 0 Å². The first-order valence-corrected chi connectivity index (χ1v) is 10.4. The summed E-state index contributed by atoms with van der Waals surface area (Å²) in [4.78, 5) is 15.0. The average molecular weight is 421 g/mol. The van der Waals surface area contributed by atoms with E-state index in [0.29, 0.717) is 49.3 Å². The number of benzene rings is 1. The van der Waals surface area contributed by atoms with E-state index in [1.165, 1.54) is 12.1 Å². The van der Waals surface area contributed by atoms with Crippen LogP contribution in [0.15, 0.2) is 23.0 Å². The van der Waals surface area contributed by atoms with Crippen molar-refractivity contribution in [1.82, 2.24) is 9.78 Å². The van der Waals surface area contributed by atoms with Gasteiger partial charge in [-0.3, -0.25) is 4.79 Å². The van der Waals surface area contributed by atoms with Crippen molar-refractivity contribution in [2.45, 2.75) is 58.2 Å². The third-order valence-corrected chi connectivity index (χ3v) is 5.88. The number of rotatable bonds is 4. The molecule has 1 aliphatic heterocycles. The van der Waals surface area contributed by atoms with Crippen molar-refractivity contribution in [3.8, 4) is 5.69 Å². The van der Waals surface area contributed by atoms with Crippen LogP contribution >= 0.6 is 0 Å². The summed E-state index contributed by atoms with van der Waals surface area (Å²) >= 11 is 0. The molecule has 1 unspecified atom stereocenters. The summed E-state index contributed by atoms with van der Waals surface area (Å²) in [6, 6.07) is 3.80. The molecule has 30 heavy (non-hydrogen) atoms. The van der Waals surface area contributed by atoms with E-state index in [1.54, 1.807) is 0 Å². The number of fused-ring (bicyclic) bond motifs is 1. The Bertz CT molecular complexity index is 1010. The molecule has 1 atom stereocenters. The van der Waals surface area contributed by atoms with E-state index in [1.807, 2.05) is 18.7 Å². The third kappa shape index (κ3) is 3.85. The second kappa shape index (κ2) is 7.72.